The van der Waals surface area contributed by atoms with Gasteiger partial charge in [-0.2, -0.15) is 0 Å². The molecule has 33 heavy (non-hydrogen) atoms. The van der Waals surface area contributed by atoms with Gasteiger partial charge in [-0.3, -0.25) is 14.0 Å². The van der Waals surface area contributed by atoms with Crippen LogP contribution in [0.15, 0.2) is 49.2 Å². The number of hydrogen-bond donors (Lipinski definition) is 2. The third-order valence-electron chi connectivity index (χ3n) is 5.57. The number of nitrogens with one attached hydrogen (secondary N) is 1. The summed E-state index contributed by atoms with van der Waals surface area (Å²) in [5, 5.41) is 12.3. The number of benzene rings is 1. The third kappa shape index (κ3) is 7.00. The molecule has 0 saturated heterocycles. The molecule has 1 fully saturated rings. The van der Waals surface area contributed by atoms with Crippen molar-refractivity contribution in [2.45, 2.75) is 32.6 Å². The van der Waals surface area contributed by atoms with Crippen molar-refractivity contribution in [1.82, 2.24) is 4.98 Å². The predicted octanol–water partition coefficient (Wildman–Crippen LogP) is 4.22. The highest BCUT2D eigenvalue weighted by Crippen LogP contribution is 2.46. The molecule has 7 nitrogen and oxygen atoms in total. The highest BCUT2D eigenvalue weighted by Gasteiger charge is 2.45. The van der Waals surface area contributed by atoms with Gasteiger partial charge in [0.05, 0.1) is 24.4 Å². The molecule has 0 radical (unpaired) electrons. The summed E-state index contributed by atoms with van der Waals surface area (Å²) in [6, 6.07) is 7.69. The average molecular weight is 470 g/mol. The molecule has 1 aliphatic carbocycles. The minimum Gasteiger partial charge on any atom is -0.772 e. The number of nitrogens with zero attached hydrogens (tertiary/aromatic N) is 1. The molecule has 0 aliphatic heterocycles. The van der Waals surface area contributed by atoms with E-state index in [1.807, 2.05) is 50.3 Å². The number of pyridine rings is 1. The van der Waals surface area contributed by atoms with Gasteiger partial charge in [-0.1, -0.05) is 29.8 Å². The van der Waals surface area contributed by atoms with E-state index in [-0.39, 0.29) is 17.6 Å². The number of ether oxygens (including phenoxy) is 1. The van der Waals surface area contributed by atoms with Crippen molar-refractivity contribution in [1.29, 1.82) is 0 Å². The lowest BCUT2D eigenvalue weighted by atomic mass is 9.96. The second-order valence-electron chi connectivity index (χ2n) is 8.21. The van der Waals surface area contributed by atoms with E-state index in [4.69, 9.17) is 9.84 Å². The van der Waals surface area contributed by atoms with E-state index in [0.717, 1.165) is 39.4 Å². The fourth-order valence-corrected chi connectivity index (χ4v) is 4.22. The van der Waals surface area contributed by atoms with E-state index >= 15 is 0 Å². The second kappa shape index (κ2) is 11.2. The van der Waals surface area contributed by atoms with Crippen LogP contribution in [-0.2, 0) is 15.9 Å². The first-order valence-electron chi connectivity index (χ1n) is 10.8. The first kappa shape index (κ1) is 24.7. The van der Waals surface area contributed by atoms with Crippen LogP contribution >= 0.6 is 0 Å². The van der Waals surface area contributed by atoms with Gasteiger partial charge in [0.1, 0.15) is 5.75 Å². The Morgan fingerprint density at radius 1 is 1.36 bits per heavy atom. The number of hydrogen-bond acceptors (Lipinski definition) is 6. The van der Waals surface area contributed by atoms with Crippen LogP contribution in [0.3, 0.4) is 0 Å². The summed E-state index contributed by atoms with van der Waals surface area (Å²) in [4.78, 5) is 15.4. The molecule has 8 heteroatoms. The number of aryl methyl sites for hydroxylation is 2. The van der Waals surface area contributed by atoms with Gasteiger partial charge in [-0.15, -0.1) is 0 Å². The second-order valence-corrected chi connectivity index (χ2v) is 9.22. The Bertz CT molecular complexity index is 1040. The van der Waals surface area contributed by atoms with E-state index in [9.17, 15) is 13.6 Å². The molecule has 176 valence electrons. The van der Waals surface area contributed by atoms with Gasteiger partial charge in [0, 0.05) is 23.9 Å². The molecular formula is C25H29N2O5S-. The Morgan fingerprint density at radius 3 is 2.67 bits per heavy atom. The van der Waals surface area contributed by atoms with Crippen molar-refractivity contribution in [3.05, 3.63) is 71.6 Å². The van der Waals surface area contributed by atoms with Crippen LogP contribution in [0.25, 0.3) is 5.57 Å². The SMILES string of the molecule is C=C(/C=C/CNc1ccc([C@H]2C[C@@H]2C(=O)O)nc1)c1c(C)cc(OCCCS(=O)[O-])cc1C. The van der Waals surface area contributed by atoms with E-state index in [0.29, 0.717) is 26.0 Å². The van der Waals surface area contributed by atoms with Gasteiger partial charge in [0.2, 0.25) is 0 Å². The van der Waals surface area contributed by atoms with Crippen molar-refractivity contribution in [2.75, 3.05) is 24.2 Å². The number of aromatic nitrogens is 1. The molecule has 1 heterocycles. The maximum atomic E-state index is 11.0. The summed E-state index contributed by atoms with van der Waals surface area (Å²) in [5.74, 6) is -0.199. The topological polar surface area (TPSA) is 112 Å². The lowest BCUT2D eigenvalue weighted by Gasteiger charge is -2.14. The normalized spacial score (nSPS) is 18.2. The Balaban J connectivity index is 1.50. The van der Waals surface area contributed by atoms with Crippen LogP contribution in [0.4, 0.5) is 5.69 Å². The van der Waals surface area contributed by atoms with E-state index in [1.165, 1.54) is 0 Å². The van der Waals surface area contributed by atoms with Crippen molar-refractivity contribution in [3.8, 4) is 5.75 Å². The quantitative estimate of drug-likeness (QED) is 0.272. The van der Waals surface area contributed by atoms with E-state index in [1.54, 1.807) is 6.20 Å². The highest BCUT2D eigenvalue weighted by molar-refractivity contribution is 7.79. The Labute approximate surface area is 196 Å². The van der Waals surface area contributed by atoms with Crippen molar-refractivity contribution in [2.24, 2.45) is 5.92 Å². The maximum Gasteiger partial charge on any atom is 0.307 e. The molecule has 1 aliphatic rings. The smallest absolute Gasteiger partial charge is 0.307 e. The summed E-state index contributed by atoms with van der Waals surface area (Å²) < 4.78 is 26.9. The molecular weight excluding hydrogens is 440 g/mol. The number of allylic oxidation sites excluding steroid dienone is 2. The number of rotatable bonds is 12. The minimum absolute atomic E-state index is 0.0337. The lowest BCUT2D eigenvalue weighted by Crippen LogP contribution is -2.04. The standard InChI is InChI=1S/C25H30N2O5S/c1-16(24-17(2)12-20(13-18(24)3)32-10-5-11-33(30)31)6-4-9-26-19-7-8-23(27-15-19)21-14-22(21)25(28)29/h4,6-8,12-13,15,21-22,26H,1,5,9-11,14H2,2-3H3,(H,28,29)(H,30,31)/p-1/b6-4+/t21-,22-/m0/s1. The van der Waals surface area contributed by atoms with Crippen molar-refractivity contribution < 1.29 is 23.4 Å². The molecule has 3 atom stereocenters. The lowest BCUT2D eigenvalue weighted by molar-refractivity contribution is -0.138. The average Bonchev–Trinajstić information content (AvgIpc) is 3.55. The number of carboxylic acids is 1. The fourth-order valence-electron chi connectivity index (χ4n) is 3.87. The van der Waals surface area contributed by atoms with Gasteiger partial charge in [0.25, 0.3) is 0 Å². The molecule has 0 amide bonds. The number of aliphatic carboxylic acids is 1. The van der Waals surface area contributed by atoms with Crippen LogP contribution in [-0.4, -0.2) is 43.7 Å². The van der Waals surface area contributed by atoms with Gasteiger partial charge in [-0.05, 0) is 73.2 Å². The van der Waals surface area contributed by atoms with Crippen LogP contribution < -0.4 is 10.1 Å². The summed E-state index contributed by atoms with van der Waals surface area (Å²) in [5.41, 5.74) is 5.73. The summed E-state index contributed by atoms with van der Waals surface area (Å²) in [6.07, 6.45) is 6.81. The van der Waals surface area contributed by atoms with E-state index in [2.05, 4.69) is 16.9 Å². The zero-order chi connectivity index (χ0) is 24.0. The third-order valence-corrected chi connectivity index (χ3v) is 6.19. The predicted molar refractivity (Wildman–Crippen MR) is 129 cm³/mol. The van der Waals surface area contributed by atoms with Crippen molar-refractivity contribution >= 4 is 28.3 Å². The molecule has 3 rings (SSSR count). The molecule has 1 aromatic carbocycles. The number of anilines is 1. The molecule has 2 N–H and O–H groups in total. The fraction of sp³-hybridized carbons (Fsp3) is 0.360. The summed E-state index contributed by atoms with van der Waals surface area (Å²) in [7, 11) is 0. The van der Waals surface area contributed by atoms with Gasteiger partial charge < -0.3 is 19.7 Å². The van der Waals surface area contributed by atoms with Gasteiger partial charge in [-0.25, -0.2) is 0 Å². The largest absolute Gasteiger partial charge is 0.772 e. The monoisotopic (exact) mass is 469 g/mol. The summed E-state index contributed by atoms with van der Waals surface area (Å²) >= 11 is -2.04. The molecule has 1 unspecified atom stereocenters. The first-order valence-corrected chi connectivity index (χ1v) is 12.1. The Morgan fingerprint density at radius 2 is 2.09 bits per heavy atom. The maximum absolute atomic E-state index is 11.0. The zero-order valence-corrected chi connectivity index (χ0v) is 19.7. The first-order chi connectivity index (χ1) is 15.8. The molecule has 1 saturated carbocycles. The molecule has 0 spiro atoms. The Kier molecular flexibility index (Phi) is 8.41. The van der Waals surface area contributed by atoms with E-state index < -0.39 is 17.0 Å². The molecule has 1 aromatic heterocycles. The molecule has 2 aromatic rings. The van der Waals surface area contributed by atoms with Gasteiger partial charge in [0.15, 0.2) is 0 Å². The summed E-state index contributed by atoms with van der Waals surface area (Å²) in [6.45, 7) is 9.15. The zero-order valence-electron chi connectivity index (χ0n) is 18.9. The number of carboxylic acid groups (broad SMARTS) is 1. The molecule has 0 bridgehead atoms. The van der Waals surface area contributed by atoms with Gasteiger partial charge >= 0.3 is 5.97 Å². The highest BCUT2D eigenvalue weighted by atomic mass is 32.2. The Hall–Kier alpha value is -2.97. The van der Waals surface area contributed by atoms with Crippen LogP contribution in [0.5, 0.6) is 5.75 Å². The number of carbonyl (C=O) groups is 1. The minimum atomic E-state index is -2.04. The van der Waals surface area contributed by atoms with Crippen LogP contribution in [0.2, 0.25) is 0 Å². The van der Waals surface area contributed by atoms with Crippen LogP contribution in [0.1, 0.15) is 41.1 Å². The van der Waals surface area contributed by atoms with Crippen LogP contribution in [0, 0.1) is 19.8 Å². The van der Waals surface area contributed by atoms with Crippen molar-refractivity contribution in [3.63, 3.8) is 0 Å².